The zero-order chi connectivity index (χ0) is 12.9. The first-order chi connectivity index (χ1) is 9.42. The summed E-state index contributed by atoms with van der Waals surface area (Å²) in [6, 6.07) is 13.2. The fourth-order valence-corrected chi connectivity index (χ4v) is 2.46. The Labute approximate surface area is 125 Å². The normalized spacial score (nSPS) is 18.3. The number of pyridine rings is 1. The van der Waals surface area contributed by atoms with Gasteiger partial charge in [-0.25, -0.2) is 0 Å². The minimum absolute atomic E-state index is 0. The third-order valence-corrected chi connectivity index (χ3v) is 3.42. The highest BCUT2D eigenvalue weighted by molar-refractivity contribution is 5.85. The van der Waals surface area contributed by atoms with Gasteiger partial charge >= 0.3 is 0 Å². The second-order valence-corrected chi connectivity index (χ2v) is 4.87. The molecule has 1 fully saturated rings. The van der Waals surface area contributed by atoms with E-state index in [1.54, 1.807) is 0 Å². The van der Waals surface area contributed by atoms with Gasteiger partial charge in [0.25, 0.3) is 0 Å². The number of nitrogens with zero attached hydrogens (tertiary/aromatic N) is 1. The highest BCUT2D eigenvalue weighted by Gasteiger charge is 2.13. The van der Waals surface area contributed by atoms with Crippen molar-refractivity contribution in [2.24, 2.45) is 0 Å². The van der Waals surface area contributed by atoms with E-state index < -0.39 is 0 Å². The Kier molecular flexibility index (Phi) is 5.53. The Morgan fingerprint density at radius 3 is 2.75 bits per heavy atom. The summed E-state index contributed by atoms with van der Waals surface area (Å²) >= 11 is 0. The average molecular weight is 291 g/mol. The van der Waals surface area contributed by atoms with Crippen molar-refractivity contribution < 1.29 is 4.74 Å². The van der Waals surface area contributed by atoms with Gasteiger partial charge in [-0.1, -0.05) is 24.3 Å². The van der Waals surface area contributed by atoms with Crippen LogP contribution in [0.25, 0.3) is 11.1 Å². The van der Waals surface area contributed by atoms with E-state index in [9.17, 15) is 0 Å². The Morgan fingerprint density at radius 1 is 1.15 bits per heavy atom. The molecular formula is C16H19ClN2O. The summed E-state index contributed by atoms with van der Waals surface area (Å²) in [6.45, 7) is 2.59. The van der Waals surface area contributed by atoms with Crippen molar-refractivity contribution >= 4 is 12.4 Å². The van der Waals surface area contributed by atoms with Gasteiger partial charge in [-0.3, -0.25) is 4.98 Å². The van der Waals surface area contributed by atoms with Crippen molar-refractivity contribution in [2.75, 3.05) is 19.8 Å². The molecule has 0 aliphatic carbocycles. The Hall–Kier alpha value is -1.42. The quantitative estimate of drug-likeness (QED) is 0.944. The standard InChI is InChI=1S/C16H18N2O.ClH/c1-2-13(11-16-12-19-9-8-18-16)10-15(3-1)14-4-6-17-7-5-14;/h1-7,10,16,18H,8-9,11-12H2;1H/t16-;/m1./s1. The molecular weight excluding hydrogens is 272 g/mol. The summed E-state index contributed by atoms with van der Waals surface area (Å²) < 4.78 is 5.50. The van der Waals surface area contributed by atoms with E-state index in [1.165, 1.54) is 16.7 Å². The van der Waals surface area contributed by atoms with Crippen LogP contribution in [0, 0.1) is 0 Å². The number of morpholine rings is 1. The molecule has 1 N–H and O–H groups in total. The highest BCUT2D eigenvalue weighted by atomic mass is 35.5. The summed E-state index contributed by atoms with van der Waals surface area (Å²) in [5.74, 6) is 0. The van der Waals surface area contributed by atoms with Crippen molar-refractivity contribution in [2.45, 2.75) is 12.5 Å². The number of hydrogen-bond donors (Lipinski definition) is 1. The van der Waals surface area contributed by atoms with E-state index >= 15 is 0 Å². The maximum Gasteiger partial charge on any atom is 0.0623 e. The molecule has 1 atom stereocenters. The topological polar surface area (TPSA) is 34.1 Å². The fourth-order valence-electron chi connectivity index (χ4n) is 2.46. The van der Waals surface area contributed by atoms with Crippen LogP contribution in [-0.4, -0.2) is 30.8 Å². The predicted molar refractivity (Wildman–Crippen MR) is 83.2 cm³/mol. The Bertz CT molecular complexity index is 527. The van der Waals surface area contributed by atoms with Gasteiger partial charge < -0.3 is 10.1 Å². The predicted octanol–water partition coefficient (Wildman–Crippen LogP) is 2.70. The van der Waals surface area contributed by atoms with Crippen LogP contribution < -0.4 is 5.32 Å². The molecule has 2 aromatic rings. The molecule has 0 spiro atoms. The monoisotopic (exact) mass is 290 g/mol. The van der Waals surface area contributed by atoms with Gasteiger partial charge in [0, 0.05) is 25.0 Å². The Balaban J connectivity index is 0.00000147. The van der Waals surface area contributed by atoms with Crippen molar-refractivity contribution in [3.8, 4) is 11.1 Å². The molecule has 3 rings (SSSR count). The number of rotatable bonds is 3. The largest absolute Gasteiger partial charge is 0.379 e. The lowest BCUT2D eigenvalue weighted by Crippen LogP contribution is -2.42. The number of ether oxygens (including phenoxy) is 1. The fraction of sp³-hybridized carbons (Fsp3) is 0.312. The second kappa shape index (κ2) is 7.39. The number of nitrogens with one attached hydrogen (secondary N) is 1. The van der Waals surface area contributed by atoms with E-state index in [1.807, 2.05) is 24.5 Å². The molecule has 1 aliphatic heterocycles. The zero-order valence-corrected chi connectivity index (χ0v) is 12.1. The first-order valence-corrected chi connectivity index (χ1v) is 6.72. The van der Waals surface area contributed by atoms with Crippen LogP contribution in [-0.2, 0) is 11.2 Å². The molecule has 0 saturated carbocycles. The third kappa shape index (κ3) is 3.79. The maximum absolute atomic E-state index is 5.50. The number of halogens is 1. The molecule has 0 unspecified atom stereocenters. The molecule has 2 heterocycles. The van der Waals surface area contributed by atoms with Crippen molar-refractivity contribution in [3.63, 3.8) is 0 Å². The number of hydrogen-bond acceptors (Lipinski definition) is 3. The lowest BCUT2D eigenvalue weighted by atomic mass is 10.00. The first-order valence-electron chi connectivity index (χ1n) is 6.72. The molecule has 0 amide bonds. The summed E-state index contributed by atoms with van der Waals surface area (Å²) in [6.07, 6.45) is 4.68. The van der Waals surface area contributed by atoms with E-state index in [2.05, 4.69) is 34.6 Å². The van der Waals surface area contributed by atoms with E-state index in [0.29, 0.717) is 6.04 Å². The number of aromatic nitrogens is 1. The molecule has 4 heteroatoms. The van der Waals surface area contributed by atoms with Crippen LogP contribution in [0.1, 0.15) is 5.56 Å². The van der Waals surface area contributed by atoms with E-state index in [-0.39, 0.29) is 12.4 Å². The van der Waals surface area contributed by atoms with Crippen molar-refractivity contribution in [1.82, 2.24) is 10.3 Å². The summed E-state index contributed by atoms with van der Waals surface area (Å²) in [5.41, 5.74) is 3.80. The van der Waals surface area contributed by atoms with Gasteiger partial charge in [0.05, 0.1) is 13.2 Å². The van der Waals surface area contributed by atoms with E-state index in [4.69, 9.17) is 4.74 Å². The van der Waals surface area contributed by atoms with Crippen molar-refractivity contribution in [3.05, 3.63) is 54.4 Å². The number of benzene rings is 1. The van der Waals surface area contributed by atoms with Gasteiger partial charge in [-0.2, -0.15) is 0 Å². The second-order valence-electron chi connectivity index (χ2n) is 4.87. The molecule has 20 heavy (non-hydrogen) atoms. The van der Waals surface area contributed by atoms with Gasteiger partial charge in [-0.05, 0) is 35.2 Å². The molecule has 0 radical (unpaired) electrons. The van der Waals surface area contributed by atoms with Crippen LogP contribution in [0.5, 0.6) is 0 Å². The summed E-state index contributed by atoms with van der Waals surface area (Å²) in [5, 5.41) is 3.49. The van der Waals surface area contributed by atoms with Gasteiger partial charge in [0.15, 0.2) is 0 Å². The van der Waals surface area contributed by atoms with Gasteiger partial charge in [-0.15, -0.1) is 12.4 Å². The minimum Gasteiger partial charge on any atom is -0.379 e. The average Bonchev–Trinajstić information content (AvgIpc) is 2.49. The molecule has 1 aromatic carbocycles. The maximum atomic E-state index is 5.50. The van der Waals surface area contributed by atoms with Gasteiger partial charge in [0.1, 0.15) is 0 Å². The molecule has 1 aliphatic rings. The minimum atomic E-state index is 0. The smallest absolute Gasteiger partial charge is 0.0623 e. The van der Waals surface area contributed by atoms with Crippen molar-refractivity contribution in [1.29, 1.82) is 0 Å². The third-order valence-electron chi connectivity index (χ3n) is 3.42. The van der Waals surface area contributed by atoms with Crippen LogP contribution in [0.15, 0.2) is 48.8 Å². The molecule has 106 valence electrons. The summed E-state index contributed by atoms with van der Waals surface area (Å²) in [7, 11) is 0. The van der Waals surface area contributed by atoms with Crippen LogP contribution in [0.2, 0.25) is 0 Å². The van der Waals surface area contributed by atoms with E-state index in [0.717, 1.165) is 26.2 Å². The molecule has 1 aromatic heterocycles. The summed E-state index contributed by atoms with van der Waals surface area (Å²) in [4.78, 5) is 4.06. The zero-order valence-electron chi connectivity index (χ0n) is 11.3. The van der Waals surface area contributed by atoms with Crippen LogP contribution in [0.3, 0.4) is 0 Å². The van der Waals surface area contributed by atoms with Gasteiger partial charge in [0.2, 0.25) is 0 Å². The lowest BCUT2D eigenvalue weighted by Gasteiger charge is -2.24. The van der Waals surface area contributed by atoms with Crippen LogP contribution in [0.4, 0.5) is 0 Å². The molecule has 3 nitrogen and oxygen atoms in total. The van der Waals surface area contributed by atoms with Crippen LogP contribution >= 0.6 is 12.4 Å². The molecule has 0 bridgehead atoms. The molecule has 1 saturated heterocycles. The SMILES string of the molecule is Cl.c1cc(C[C@@H]2COCCN2)cc(-c2ccncc2)c1. The first kappa shape index (κ1) is 15.0. The lowest BCUT2D eigenvalue weighted by molar-refractivity contribution is 0.0770. The Morgan fingerprint density at radius 2 is 2.00 bits per heavy atom. The highest BCUT2D eigenvalue weighted by Crippen LogP contribution is 2.20.